The number of hydrogen-bond donors (Lipinski definition) is 1. The SMILES string of the molecule is COc1ccc(C[NH2+]CC2CCC(C(=O)[O-])CC2)cc1. The van der Waals surface area contributed by atoms with E-state index in [1.165, 1.54) is 5.56 Å². The van der Waals surface area contributed by atoms with E-state index in [2.05, 4.69) is 17.4 Å². The number of carbonyl (C=O) groups is 1. The van der Waals surface area contributed by atoms with Gasteiger partial charge in [0.25, 0.3) is 0 Å². The summed E-state index contributed by atoms with van der Waals surface area (Å²) in [6, 6.07) is 8.13. The Kier molecular flexibility index (Phi) is 5.41. The van der Waals surface area contributed by atoms with Gasteiger partial charge in [0.2, 0.25) is 0 Å². The average Bonchev–Trinajstić information content (AvgIpc) is 2.48. The summed E-state index contributed by atoms with van der Waals surface area (Å²) in [6.45, 7) is 2.04. The Balaban J connectivity index is 1.67. The summed E-state index contributed by atoms with van der Waals surface area (Å²) in [5.41, 5.74) is 1.29. The Bertz CT molecular complexity index is 422. The quantitative estimate of drug-likeness (QED) is 0.814. The number of carboxylic acids is 1. The zero-order valence-electron chi connectivity index (χ0n) is 12.0. The van der Waals surface area contributed by atoms with Crippen LogP contribution in [-0.4, -0.2) is 19.6 Å². The molecule has 1 saturated carbocycles. The van der Waals surface area contributed by atoms with E-state index >= 15 is 0 Å². The predicted octanol–water partition coefficient (Wildman–Crippen LogP) is 0.315. The topological polar surface area (TPSA) is 66.0 Å². The van der Waals surface area contributed by atoms with Crippen LogP contribution in [0.25, 0.3) is 0 Å². The highest BCUT2D eigenvalue weighted by molar-refractivity contribution is 5.67. The van der Waals surface area contributed by atoms with Gasteiger partial charge in [0.05, 0.1) is 13.7 Å². The Morgan fingerprint density at radius 2 is 1.90 bits per heavy atom. The maximum Gasteiger partial charge on any atom is 0.118 e. The van der Waals surface area contributed by atoms with Crippen molar-refractivity contribution in [2.45, 2.75) is 32.2 Å². The molecule has 20 heavy (non-hydrogen) atoms. The molecule has 0 radical (unpaired) electrons. The molecule has 0 saturated heterocycles. The molecule has 0 aromatic heterocycles. The first kappa shape index (κ1) is 14.9. The van der Waals surface area contributed by atoms with Crippen LogP contribution in [-0.2, 0) is 11.3 Å². The number of nitrogens with two attached hydrogens (primary N) is 1. The molecule has 1 fully saturated rings. The molecule has 110 valence electrons. The number of ether oxygens (including phenoxy) is 1. The summed E-state index contributed by atoms with van der Waals surface area (Å²) in [5.74, 6) is 0.441. The van der Waals surface area contributed by atoms with Crippen molar-refractivity contribution in [3.63, 3.8) is 0 Å². The van der Waals surface area contributed by atoms with Crippen molar-refractivity contribution < 1.29 is 20.0 Å². The predicted molar refractivity (Wildman–Crippen MR) is 73.9 cm³/mol. The van der Waals surface area contributed by atoms with Gasteiger partial charge in [-0.2, -0.15) is 0 Å². The van der Waals surface area contributed by atoms with Crippen molar-refractivity contribution in [1.82, 2.24) is 0 Å². The number of aliphatic carboxylic acids is 1. The molecule has 0 atom stereocenters. The summed E-state index contributed by atoms with van der Waals surface area (Å²) in [5, 5.41) is 13.1. The van der Waals surface area contributed by atoms with E-state index in [1.807, 2.05) is 12.1 Å². The van der Waals surface area contributed by atoms with Crippen LogP contribution in [0, 0.1) is 11.8 Å². The smallest absolute Gasteiger partial charge is 0.118 e. The van der Waals surface area contributed by atoms with Gasteiger partial charge in [-0.3, -0.25) is 0 Å². The second-order valence-corrected chi connectivity index (χ2v) is 5.61. The van der Waals surface area contributed by atoms with Crippen LogP contribution in [0.1, 0.15) is 31.2 Å². The Morgan fingerprint density at radius 3 is 2.45 bits per heavy atom. The molecule has 4 heteroatoms. The molecule has 0 unspecified atom stereocenters. The molecule has 0 heterocycles. The minimum Gasteiger partial charge on any atom is -0.550 e. The van der Waals surface area contributed by atoms with E-state index in [1.54, 1.807) is 7.11 Å². The summed E-state index contributed by atoms with van der Waals surface area (Å²) < 4.78 is 5.13. The third kappa shape index (κ3) is 4.23. The monoisotopic (exact) mass is 277 g/mol. The largest absolute Gasteiger partial charge is 0.550 e. The fourth-order valence-corrected chi connectivity index (χ4v) is 2.88. The Hall–Kier alpha value is -1.55. The standard InChI is InChI=1S/C16H23NO3/c1-20-15-8-4-13(5-9-15)11-17-10-12-2-6-14(7-3-12)16(18)19/h4-5,8-9,12,14,17H,2-3,6-7,10-11H2,1H3,(H,18,19). The van der Waals surface area contributed by atoms with Gasteiger partial charge in [0.15, 0.2) is 0 Å². The molecule has 2 N–H and O–H groups in total. The number of hydrogen-bond acceptors (Lipinski definition) is 3. The second-order valence-electron chi connectivity index (χ2n) is 5.61. The molecule has 0 bridgehead atoms. The number of carbonyl (C=O) groups excluding carboxylic acids is 1. The van der Waals surface area contributed by atoms with Gasteiger partial charge in [-0.05, 0) is 55.9 Å². The lowest BCUT2D eigenvalue weighted by Crippen LogP contribution is -2.84. The number of quaternary nitrogens is 1. The number of benzene rings is 1. The van der Waals surface area contributed by atoms with Crippen LogP contribution in [0.15, 0.2) is 24.3 Å². The molecule has 1 aliphatic carbocycles. The normalized spacial score (nSPS) is 22.4. The van der Waals surface area contributed by atoms with Crippen molar-refractivity contribution in [3.8, 4) is 5.75 Å². The van der Waals surface area contributed by atoms with Crippen LogP contribution in [0.2, 0.25) is 0 Å². The fraction of sp³-hybridized carbons (Fsp3) is 0.562. The zero-order chi connectivity index (χ0) is 14.4. The lowest BCUT2D eigenvalue weighted by atomic mass is 9.82. The molecular weight excluding hydrogens is 254 g/mol. The first-order valence-electron chi connectivity index (χ1n) is 7.34. The van der Waals surface area contributed by atoms with E-state index in [0.29, 0.717) is 5.92 Å². The lowest BCUT2D eigenvalue weighted by Gasteiger charge is -2.27. The highest BCUT2D eigenvalue weighted by Gasteiger charge is 2.22. The second kappa shape index (κ2) is 7.29. The molecule has 0 amide bonds. The molecule has 1 aromatic rings. The molecule has 0 aliphatic heterocycles. The van der Waals surface area contributed by atoms with Crippen LogP contribution in [0.5, 0.6) is 5.75 Å². The van der Waals surface area contributed by atoms with Gasteiger partial charge < -0.3 is 20.0 Å². The molecule has 4 nitrogen and oxygen atoms in total. The maximum absolute atomic E-state index is 10.8. The van der Waals surface area contributed by atoms with Gasteiger partial charge in [0.1, 0.15) is 12.3 Å². The summed E-state index contributed by atoms with van der Waals surface area (Å²) in [7, 11) is 1.67. The first-order chi connectivity index (χ1) is 9.69. The molecule has 0 spiro atoms. The van der Waals surface area contributed by atoms with Crippen LogP contribution in [0.4, 0.5) is 0 Å². The number of carboxylic acid groups (broad SMARTS) is 1. The highest BCUT2D eigenvalue weighted by atomic mass is 16.5. The van der Waals surface area contributed by atoms with Crippen LogP contribution >= 0.6 is 0 Å². The third-order valence-electron chi connectivity index (χ3n) is 4.22. The molecular formula is C16H23NO3. The van der Waals surface area contributed by atoms with Gasteiger partial charge in [-0.25, -0.2) is 0 Å². The first-order valence-corrected chi connectivity index (χ1v) is 7.34. The van der Waals surface area contributed by atoms with Crippen molar-refractivity contribution in [2.24, 2.45) is 11.8 Å². The molecule has 1 aromatic carbocycles. The summed E-state index contributed by atoms with van der Waals surface area (Å²) in [6.07, 6.45) is 3.59. The Morgan fingerprint density at radius 1 is 1.25 bits per heavy atom. The van der Waals surface area contributed by atoms with Crippen LogP contribution in [0.3, 0.4) is 0 Å². The van der Waals surface area contributed by atoms with E-state index in [4.69, 9.17) is 4.74 Å². The Labute approximate surface area is 120 Å². The summed E-state index contributed by atoms with van der Waals surface area (Å²) >= 11 is 0. The minimum absolute atomic E-state index is 0.215. The number of methoxy groups -OCH3 is 1. The zero-order valence-corrected chi connectivity index (χ0v) is 12.0. The van der Waals surface area contributed by atoms with Gasteiger partial charge in [-0.15, -0.1) is 0 Å². The van der Waals surface area contributed by atoms with E-state index in [-0.39, 0.29) is 5.92 Å². The minimum atomic E-state index is -0.870. The lowest BCUT2D eigenvalue weighted by molar-refractivity contribution is -0.676. The molecule has 2 rings (SSSR count). The van der Waals surface area contributed by atoms with Crippen molar-refractivity contribution in [2.75, 3.05) is 13.7 Å². The van der Waals surface area contributed by atoms with Crippen molar-refractivity contribution >= 4 is 5.97 Å². The van der Waals surface area contributed by atoms with Gasteiger partial charge in [0, 0.05) is 17.5 Å². The average molecular weight is 277 g/mol. The van der Waals surface area contributed by atoms with Crippen molar-refractivity contribution in [1.29, 1.82) is 0 Å². The number of rotatable bonds is 6. The van der Waals surface area contributed by atoms with E-state index in [0.717, 1.165) is 44.5 Å². The third-order valence-corrected chi connectivity index (χ3v) is 4.22. The van der Waals surface area contributed by atoms with Crippen LogP contribution < -0.4 is 15.2 Å². The van der Waals surface area contributed by atoms with Gasteiger partial charge >= 0.3 is 0 Å². The van der Waals surface area contributed by atoms with Crippen molar-refractivity contribution in [3.05, 3.63) is 29.8 Å². The summed E-state index contributed by atoms with van der Waals surface area (Å²) in [4.78, 5) is 10.8. The van der Waals surface area contributed by atoms with E-state index < -0.39 is 5.97 Å². The molecule has 1 aliphatic rings. The van der Waals surface area contributed by atoms with E-state index in [9.17, 15) is 9.90 Å². The fourth-order valence-electron chi connectivity index (χ4n) is 2.88. The van der Waals surface area contributed by atoms with Gasteiger partial charge in [-0.1, -0.05) is 0 Å². The maximum atomic E-state index is 10.8. The highest BCUT2D eigenvalue weighted by Crippen LogP contribution is 2.27.